The summed E-state index contributed by atoms with van der Waals surface area (Å²) in [5.41, 5.74) is 2.55. The number of nitrogens with one attached hydrogen (secondary N) is 1. The first-order valence-corrected chi connectivity index (χ1v) is 12.4. The average molecular weight is 450 g/mol. The molecule has 2 saturated heterocycles. The first-order chi connectivity index (χ1) is 16.2. The summed E-state index contributed by atoms with van der Waals surface area (Å²) in [6, 6.07) is 17.0. The number of carbonyl (C=O) groups excluding carboxylic acids is 1. The molecule has 2 aromatic rings. The second-order valence-corrected chi connectivity index (χ2v) is 9.68. The molecule has 1 atom stereocenters. The van der Waals surface area contributed by atoms with Crippen LogP contribution in [0.15, 0.2) is 48.5 Å². The number of rotatable bonds is 8. The van der Waals surface area contributed by atoms with E-state index in [1.165, 1.54) is 11.1 Å². The van der Waals surface area contributed by atoms with Crippen LogP contribution < -0.4 is 14.8 Å². The van der Waals surface area contributed by atoms with Gasteiger partial charge in [-0.1, -0.05) is 42.5 Å². The van der Waals surface area contributed by atoms with Crippen LogP contribution in [0, 0.1) is 5.92 Å². The first-order valence-electron chi connectivity index (χ1n) is 12.4. The van der Waals surface area contributed by atoms with Gasteiger partial charge in [0.05, 0.1) is 0 Å². The lowest BCUT2D eigenvalue weighted by Gasteiger charge is -2.32. The Bertz CT molecular complexity index is 927. The van der Waals surface area contributed by atoms with Gasteiger partial charge in [0, 0.05) is 44.2 Å². The van der Waals surface area contributed by atoms with Gasteiger partial charge in [0.1, 0.15) is 0 Å². The van der Waals surface area contributed by atoms with E-state index in [-0.39, 0.29) is 5.91 Å². The van der Waals surface area contributed by atoms with Crippen molar-refractivity contribution in [2.24, 2.45) is 5.92 Å². The number of para-hydroxylation sites is 1. The molecule has 1 unspecified atom stereocenters. The molecule has 0 aliphatic carbocycles. The van der Waals surface area contributed by atoms with Gasteiger partial charge in [0.2, 0.25) is 12.7 Å². The van der Waals surface area contributed by atoms with Crippen molar-refractivity contribution in [3.8, 4) is 11.5 Å². The van der Waals surface area contributed by atoms with Crippen molar-refractivity contribution in [2.45, 2.75) is 51.2 Å². The first kappa shape index (κ1) is 22.2. The second kappa shape index (κ2) is 10.6. The number of fused-ring (bicyclic) bond motifs is 1. The van der Waals surface area contributed by atoms with Gasteiger partial charge < -0.3 is 14.8 Å². The van der Waals surface area contributed by atoms with Crippen LogP contribution in [0.4, 0.5) is 0 Å². The third kappa shape index (κ3) is 5.87. The van der Waals surface area contributed by atoms with Gasteiger partial charge in [-0.15, -0.1) is 0 Å². The number of amides is 1. The van der Waals surface area contributed by atoms with Crippen LogP contribution in [0.2, 0.25) is 0 Å². The molecule has 0 aromatic heterocycles. The zero-order valence-corrected chi connectivity index (χ0v) is 19.4. The molecule has 33 heavy (non-hydrogen) atoms. The van der Waals surface area contributed by atoms with Gasteiger partial charge in [0.25, 0.3) is 0 Å². The van der Waals surface area contributed by atoms with Crippen LogP contribution in [-0.2, 0) is 17.9 Å². The quantitative estimate of drug-likeness (QED) is 0.664. The summed E-state index contributed by atoms with van der Waals surface area (Å²) in [7, 11) is 0. The maximum absolute atomic E-state index is 12.6. The Morgan fingerprint density at radius 1 is 0.909 bits per heavy atom. The standard InChI is InChI=1S/C27H35N3O3/c31-26(28-24-13-16-30(19-24)17-22-5-2-1-3-6-22)10-9-21-11-14-29(15-12-21)18-23-7-4-8-25-27(23)33-20-32-25/h1-8,21,24H,9-20H2,(H,28,31). The van der Waals surface area contributed by atoms with E-state index in [9.17, 15) is 4.79 Å². The highest BCUT2D eigenvalue weighted by atomic mass is 16.7. The molecule has 6 heteroatoms. The zero-order valence-electron chi connectivity index (χ0n) is 19.4. The van der Waals surface area contributed by atoms with E-state index >= 15 is 0 Å². The number of piperidine rings is 1. The van der Waals surface area contributed by atoms with Crippen LogP contribution in [0.1, 0.15) is 43.2 Å². The second-order valence-electron chi connectivity index (χ2n) is 9.68. The molecular formula is C27H35N3O3. The fourth-order valence-electron chi connectivity index (χ4n) is 5.36. The summed E-state index contributed by atoms with van der Waals surface area (Å²) < 4.78 is 11.1. The lowest BCUT2D eigenvalue weighted by molar-refractivity contribution is -0.122. The molecule has 176 valence electrons. The molecule has 6 nitrogen and oxygen atoms in total. The molecular weight excluding hydrogens is 414 g/mol. The van der Waals surface area contributed by atoms with Gasteiger partial charge in [0.15, 0.2) is 11.5 Å². The largest absolute Gasteiger partial charge is 0.454 e. The van der Waals surface area contributed by atoms with E-state index in [1.807, 2.05) is 12.1 Å². The number of hydrogen-bond donors (Lipinski definition) is 1. The highest BCUT2D eigenvalue weighted by Gasteiger charge is 2.26. The number of likely N-dealkylation sites (tertiary alicyclic amines) is 2. The van der Waals surface area contributed by atoms with Gasteiger partial charge >= 0.3 is 0 Å². The number of nitrogens with zero attached hydrogens (tertiary/aromatic N) is 2. The molecule has 3 aliphatic rings. The Morgan fingerprint density at radius 3 is 2.58 bits per heavy atom. The van der Waals surface area contributed by atoms with E-state index in [0.717, 1.165) is 76.5 Å². The highest BCUT2D eigenvalue weighted by Crippen LogP contribution is 2.36. The molecule has 0 spiro atoms. The van der Waals surface area contributed by atoms with Crippen LogP contribution in [0.3, 0.4) is 0 Å². The van der Waals surface area contributed by atoms with Crippen molar-refractivity contribution >= 4 is 5.91 Å². The molecule has 1 amide bonds. The molecule has 5 rings (SSSR count). The minimum Gasteiger partial charge on any atom is -0.454 e. The fourth-order valence-corrected chi connectivity index (χ4v) is 5.36. The van der Waals surface area contributed by atoms with Gasteiger partial charge in [-0.05, 0) is 56.3 Å². The lowest BCUT2D eigenvalue weighted by Crippen LogP contribution is -2.37. The maximum Gasteiger partial charge on any atom is 0.231 e. The molecule has 1 N–H and O–H groups in total. The number of hydrogen-bond acceptors (Lipinski definition) is 5. The Labute approximate surface area is 196 Å². The Balaban J connectivity index is 0.991. The van der Waals surface area contributed by atoms with Crippen molar-refractivity contribution in [2.75, 3.05) is 33.0 Å². The minimum absolute atomic E-state index is 0.223. The number of ether oxygens (including phenoxy) is 2. The summed E-state index contributed by atoms with van der Waals surface area (Å²) in [5.74, 6) is 2.64. The normalized spacial score (nSPS) is 21.4. The maximum atomic E-state index is 12.6. The third-order valence-electron chi connectivity index (χ3n) is 7.25. The van der Waals surface area contributed by atoms with E-state index in [2.05, 4.69) is 51.5 Å². The number of benzene rings is 2. The van der Waals surface area contributed by atoms with Gasteiger partial charge in [-0.25, -0.2) is 0 Å². The summed E-state index contributed by atoms with van der Waals surface area (Å²) in [6.45, 7) is 6.36. The van der Waals surface area contributed by atoms with Crippen molar-refractivity contribution in [3.05, 3.63) is 59.7 Å². The number of carbonyl (C=O) groups is 1. The average Bonchev–Trinajstić information content (AvgIpc) is 3.49. The van der Waals surface area contributed by atoms with E-state index in [0.29, 0.717) is 25.2 Å². The smallest absolute Gasteiger partial charge is 0.231 e. The fraction of sp³-hybridized carbons (Fsp3) is 0.519. The lowest BCUT2D eigenvalue weighted by atomic mass is 9.91. The monoisotopic (exact) mass is 449 g/mol. The molecule has 0 saturated carbocycles. The molecule has 3 heterocycles. The minimum atomic E-state index is 0.223. The highest BCUT2D eigenvalue weighted by molar-refractivity contribution is 5.76. The van der Waals surface area contributed by atoms with Gasteiger partial charge in [-0.3, -0.25) is 14.6 Å². The Kier molecular flexibility index (Phi) is 7.12. The van der Waals surface area contributed by atoms with Gasteiger partial charge in [-0.2, -0.15) is 0 Å². The van der Waals surface area contributed by atoms with Crippen LogP contribution in [-0.4, -0.2) is 54.7 Å². The summed E-state index contributed by atoms with van der Waals surface area (Å²) in [6.07, 6.45) is 5.02. The van der Waals surface area contributed by atoms with E-state index in [1.54, 1.807) is 0 Å². The van der Waals surface area contributed by atoms with Crippen LogP contribution in [0.5, 0.6) is 11.5 Å². The van der Waals surface area contributed by atoms with E-state index in [4.69, 9.17) is 9.47 Å². The molecule has 0 bridgehead atoms. The third-order valence-corrected chi connectivity index (χ3v) is 7.25. The van der Waals surface area contributed by atoms with Crippen molar-refractivity contribution in [1.82, 2.24) is 15.1 Å². The zero-order chi connectivity index (χ0) is 22.5. The molecule has 2 aromatic carbocycles. The molecule has 3 aliphatic heterocycles. The van der Waals surface area contributed by atoms with E-state index < -0.39 is 0 Å². The Morgan fingerprint density at radius 2 is 1.73 bits per heavy atom. The molecule has 2 fully saturated rings. The SMILES string of the molecule is O=C(CCC1CCN(Cc2cccc3c2OCO3)CC1)NC1CCN(Cc2ccccc2)C1. The predicted octanol–water partition coefficient (Wildman–Crippen LogP) is 3.80. The van der Waals surface area contributed by atoms with Crippen LogP contribution in [0.25, 0.3) is 0 Å². The van der Waals surface area contributed by atoms with Crippen molar-refractivity contribution < 1.29 is 14.3 Å². The summed E-state index contributed by atoms with van der Waals surface area (Å²) >= 11 is 0. The Hall–Kier alpha value is -2.57. The van der Waals surface area contributed by atoms with Crippen LogP contribution >= 0.6 is 0 Å². The summed E-state index contributed by atoms with van der Waals surface area (Å²) in [5, 5.41) is 3.28. The van der Waals surface area contributed by atoms with Crippen molar-refractivity contribution in [3.63, 3.8) is 0 Å². The predicted molar refractivity (Wildman–Crippen MR) is 128 cm³/mol. The molecule has 0 radical (unpaired) electrons. The van der Waals surface area contributed by atoms with Crippen molar-refractivity contribution in [1.29, 1.82) is 0 Å². The summed E-state index contributed by atoms with van der Waals surface area (Å²) in [4.78, 5) is 17.5. The topological polar surface area (TPSA) is 54.0 Å².